The molecule has 0 spiro atoms. The third-order valence-electron chi connectivity index (χ3n) is 10.9. The summed E-state index contributed by atoms with van der Waals surface area (Å²) in [5.41, 5.74) is 9.32. The quantitative estimate of drug-likeness (QED) is 0.140. The van der Waals surface area contributed by atoms with Crippen LogP contribution in [0.25, 0.3) is 44.6 Å². The van der Waals surface area contributed by atoms with Crippen LogP contribution >= 0.6 is 0 Å². The van der Waals surface area contributed by atoms with E-state index < -0.39 is 11.4 Å². The Kier molecular flexibility index (Phi) is 8.90. The first kappa shape index (κ1) is 34.4. The molecule has 11 heteroatoms. The van der Waals surface area contributed by atoms with Gasteiger partial charge >= 0.3 is 5.97 Å². The van der Waals surface area contributed by atoms with Crippen molar-refractivity contribution in [3.05, 3.63) is 101 Å². The fourth-order valence-electron chi connectivity index (χ4n) is 7.85. The van der Waals surface area contributed by atoms with Gasteiger partial charge in [0, 0.05) is 61.8 Å². The Labute approximate surface area is 307 Å². The number of aliphatic hydroxyl groups is 1. The van der Waals surface area contributed by atoms with Crippen molar-refractivity contribution in [3.8, 4) is 28.7 Å². The molecule has 2 saturated heterocycles. The number of carboxylic acids is 1. The number of oxazole rings is 1. The second kappa shape index (κ2) is 13.7. The molecule has 2 aliphatic heterocycles. The molecule has 11 nitrogen and oxygen atoms in total. The summed E-state index contributed by atoms with van der Waals surface area (Å²) >= 11 is 0. The molecule has 3 aromatic carbocycles. The van der Waals surface area contributed by atoms with Crippen LogP contribution in [0.5, 0.6) is 0 Å². The van der Waals surface area contributed by atoms with Crippen molar-refractivity contribution in [3.63, 3.8) is 0 Å². The van der Waals surface area contributed by atoms with Gasteiger partial charge in [0.25, 0.3) is 0 Å². The van der Waals surface area contributed by atoms with Crippen LogP contribution in [0.3, 0.4) is 0 Å². The largest absolute Gasteiger partial charge is 0.481 e. The number of pyridine rings is 2. The zero-order valence-corrected chi connectivity index (χ0v) is 30.1. The highest BCUT2D eigenvalue weighted by molar-refractivity contribution is 5.91. The molecule has 268 valence electrons. The van der Waals surface area contributed by atoms with E-state index >= 15 is 0 Å². The van der Waals surface area contributed by atoms with Crippen molar-refractivity contribution in [1.29, 1.82) is 5.26 Å². The number of aliphatic carboxylic acids is 1. The summed E-state index contributed by atoms with van der Waals surface area (Å²) in [6, 6.07) is 22.4. The molecule has 0 aliphatic carbocycles. The second-order valence-electron chi connectivity index (χ2n) is 14.8. The van der Waals surface area contributed by atoms with Crippen LogP contribution in [-0.2, 0) is 17.9 Å². The van der Waals surface area contributed by atoms with Crippen LogP contribution in [-0.4, -0.2) is 73.2 Å². The second-order valence-corrected chi connectivity index (χ2v) is 14.8. The maximum Gasteiger partial charge on any atom is 0.310 e. The monoisotopic (exact) mass is 707 g/mol. The number of hydrogen-bond donors (Lipinski definition) is 3. The van der Waals surface area contributed by atoms with Gasteiger partial charge < -0.3 is 19.9 Å². The lowest BCUT2D eigenvalue weighted by Crippen LogP contribution is -2.31. The molecule has 2 atom stereocenters. The molecule has 0 bridgehead atoms. The van der Waals surface area contributed by atoms with Crippen LogP contribution in [0, 0.1) is 30.6 Å². The molecular formula is C42H41N7O4. The SMILES string of the molecule is Cc1c(Nc2nccc3cc(CN4CCC(O)C4)cnc23)cccc1-c1cccc(-c2nc3cc(CN4CCC(C)(C(=O)O)C4)cc(C#N)c3o2)c1C. The zero-order chi connectivity index (χ0) is 36.9. The minimum absolute atomic E-state index is 0.255. The predicted octanol–water partition coefficient (Wildman–Crippen LogP) is 7.20. The van der Waals surface area contributed by atoms with E-state index in [0.717, 1.165) is 75.0 Å². The molecule has 6 aromatic rings. The summed E-state index contributed by atoms with van der Waals surface area (Å²) in [6.45, 7) is 9.92. The van der Waals surface area contributed by atoms with E-state index in [2.05, 4.69) is 58.2 Å². The predicted molar refractivity (Wildman–Crippen MR) is 203 cm³/mol. The van der Waals surface area contributed by atoms with Gasteiger partial charge in [-0.05, 0) is 110 Å². The highest BCUT2D eigenvalue weighted by Crippen LogP contribution is 2.38. The number of likely N-dealkylation sites (tertiary alicyclic amines) is 2. The van der Waals surface area contributed by atoms with Gasteiger partial charge in [-0.3, -0.25) is 19.6 Å². The van der Waals surface area contributed by atoms with Crippen LogP contribution in [0.4, 0.5) is 11.5 Å². The standard InChI is InChI=1S/C42H41N7O4/c1-25-32(6-4-8-34(25)40-47-36-18-27(16-30(19-43)38(36)53-40)21-49-15-12-42(3,24-49)41(51)52)33-7-5-9-35(26(33)2)46-39-37-29(10-13-44-39)17-28(20-45-37)22-48-14-11-31(50)23-48/h4-10,13,16-18,20,31,50H,11-12,14-15,21-24H2,1-3H3,(H,44,46)(H,51,52). The molecule has 8 rings (SSSR count). The summed E-state index contributed by atoms with van der Waals surface area (Å²) in [6.07, 6.45) is 4.83. The zero-order valence-electron chi connectivity index (χ0n) is 30.1. The fraction of sp³-hybridized carbons (Fsp3) is 0.310. The lowest BCUT2D eigenvalue weighted by molar-refractivity contribution is -0.147. The number of carboxylic acid groups (broad SMARTS) is 1. The maximum absolute atomic E-state index is 11.8. The van der Waals surface area contributed by atoms with Crippen molar-refractivity contribution >= 4 is 39.5 Å². The molecule has 3 N–H and O–H groups in total. The number of carbonyl (C=O) groups is 1. The summed E-state index contributed by atoms with van der Waals surface area (Å²) < 4.78 is 6.29. The third kappa shape index (κ3) is 6.61. The van der Waals surface area contributed by atoms with Crippen LogP contribution < -0.4 is 5.32 Å². The van der Waals surface area contributed by atoms with Gasteiger partial charge in [0.1, 0.15) is 17.1 Å². The Hall–Kier alpha value is -5.67. The number of rotatable bonds is 9. The van der Waals surface area contributed by atoms with Crippen LogP contribution in [0.15, 0.2) is 77.5 Å². The average molecular weight is 708 g/mol. The summed E-state index contributed by atoms with van der Waals surface area (Å²) in [7, 11) is 0. The summed E-state index contributed by atoms with van der Waals surface area (Å²) in [5, 5.41) is 34.2. The number of hydrogen-bond acceptors (Lipinski definition) is 10. The minimum atomic E-state index is -0.783. The molecule has 3 aromatic heterocycles. The maximum atomic E-state index is 11.8. The van der Waals surface area contributed by atoms with Gasteiger partial charge in [-0.15, -0.1) is 0 Å². The molecule has 0 radical (unpaired) electrons. The number of nitrogens with one attached hydrogen (secondary N) is 1. The van der Waals surface area contributed by atoms with Gasteiger partial charge in [-0.25, -0.2) is 9.97 Å². The molecule has 0 saturated carbocycles. The number of nitrogens with zero attached hydrogens (tertiary/aromatic N) is 6. The molecule has 5 heterocycles. The lowest BCUT2D eigenvalue weighted by Gasteiger charge is -2.20. The molecular weight excluding hydrogens is 667 g/mol. The Morgan fingerprint density at radius 1 is 1.00 bits per heavy atom. The smallest absolute Gasteiger partial charge is 0.310 e. The van der Waals surface area contributed by atoms with E-state index in [0.29, 0.717) is 61.0 Å². The number of anilines is 2. The minimum Gasteiger partial charge on any atom is -0.481 e. The van der Waals surface area contributed by atoms with Crippen molar-refractivity contribution in [2.45, 2.75) is 52.8 Å². The first-order valence-corrected chi connectivity index (χ1v) is 18.0. The van der Waals surface area contributed by atoms with Gasteiger partial charge in [0.2, 0.25) is 5.89 Å². The van der Waals surface area contributed by atoms with E-state index in [1.807, 2.05) is 48.7 Å². The number of aliphatic hydroxyl groups excluding tert-OH is 1. The van der Waals surface area contributed by atoms with Gasteiger partial charge in [0.15, 0.2) is 11.4 Å². The average Bonchev–Trinajstić information content (AvgIpc) is 3.87. The molecule has 2 aliphatic rings. The Balaban J connectivity index is 1.07. The number of benzene rings is 3. The lowest BCUT2D eigenvalue weighted by atomic mass is 9.90. The fourth-order valence-corrected chi connectivity index (χ4v) is 7.85. The molecule has 2 fully saturated rings. The first-order chi connectivity index (χ1) is 25.6. The van der Waals surface area contributed by atoms with E-state index in [4.69, 9.17) is 14.4 Å². The van der Waals surface area contributed by atoms with Gasteiger partial charge in [-0.2, -0.15) is 5.26 Å². The highest BCUT2D eigenvalue weighted by Gasteiger charge is 2.40. The number of β-amino-alcohol motifs (C(OH)–C–C–N with tert-alkyl or cyclic N) is 1. The van der Waals surface area contributed by atoms with E-state index in [1.165, 1.54) is 0 Å². The Morgan fingerprint density at radius 2 is 1.77 bits per heavy atom. The van der Waals surface area contributed by atoms with Crippen LogP contribution in [0.1, 0.15) is 47.6 Å². The van der Waals surface area contributed by atoms with Crippen molar-refractivity contribution < 1.29 is 19.4 Å². The Bertz CT molecular complexity index is 2440. The normalized spacial score (nSPS) is 19.3. The molecule has 53 heavy (non-hydrogen) atoms. The number of nitriles is 1. The molecule has 2 unspecified atom stereocenters. The highest BCUT2D eigenvalue weighted by atomic mass is 16.4. The summed E-state index contributed by atoms with van der Waals surface area (Å²) in [4.78, 5) is 30.5. The van der Waals surface area contributed by atoms with E-state index in [-0.39, 0.29) is 6.10 Å². The summed E-state index contributed by atoms with van der Waals surface area (Å²) in [5.74, 6) is 0.330. The van der Waals surface area contributed by atoms with Crippen molar-refractivity contribution in [2.24, 2.45) is 5.41 Å². The Morgan fingerprint density at radius 3 is 2.53 bits per heavy atom. The van der Waals surface area contributed by atoms with Gasteiger partial charge in [-0.1, -0.05) is 24.3 Å². The topological polar surface area (TPSA) is 152 Å². The van der Waals surface area contributed by atoms with E-state index in [9.17, 15) is 20.3 Å². The van der Waals surface area contributed by atoms with Crippen LogP contribution in [0.2, 0.25) is 0 Å². The number of aromatic nitrogens is 3. The molecule has 0 amide bonds. The van der Waals surface area contributed by atoms with Crippen molar-refractivity contribution in [2.75, 3.05) is 31.5 Å². The first-order valence-electron chi connectivity index (χ1n) is 18.0. The van der Waals surface area contributed by atoms with Gasteiger partial charge in [0.05, 0.1) is 17.1 Å². The third-order valence-corrected chi connectivity index (χ3v) is 10.9. The van der Waals surface area contributed by atoms with Crippen molar-refractivity contribution in [1.82, 2.24) is 24.8 Å². The van der Waals surface area contributed by atoms with E-state index in [1.54, 1.807) is 13.1 Å². The number of fused-ring (bicyclic) bond motifs is 2.